The number of hydrogen-bond acceptors (Lipinski definition) is 9. The van der Waals surface area contributed by atoms with Gasteiger partial charge in [0.15, 0.2) is 6.61 Å². The summed E-state index contributed by atoms with van der Waals surface area (Å²) < 4.78 is 31.3. The summed E-state index contributed by atoms with van der Waals surface area (Å²) in [5, 5.41) is 25.7. The van der Waals surface area contributed by atoms with Crippen LogP contribution in [0.25, 0.3) is 0 Å². The Balaban J connectivity index is 1.67. The largest absolute Gasteiger partial charge is 0.471 e. The molecule has 9 nitrogen and oxygen atoms in total. The van der Waals surface area contributed by atoms with Crippen LogP contribution in [0.3, 0.4) is 0 Å². The number of hydrogen-bond donors (Lipinski definition) is 3. The third kappa shape index (κ3) is 6.68. The van der Waals surface area contributed by atoms with Gasteiger partial charge in [0.1, 0.15) is 23.8 Å². The molecule has 1 fully saturated rings. The fraction of sp³-hybridized carbons (Fsp3) is 0.550. The number of ether oxygens (including phenoxy) is 1. The number of alkyl halides is 2. The van der Waals surface area contributed by atoms with Crippen LogP contribution in [0, 0.1) is 11.3 Å². The molecule has 3 N–H and O–H groups in total. The molecule has 1 aliphatic carbocycles. The van der Waals surface area contributed by atoms with Crippen LogP contribution in [0.1, 0.15) is 50.7 Å². The highest BCUT2D eigenvalue weighted by molar-refractivity contribution is 5.54. The molecule has 31 heavy (non-hydrogen) atoms. The van der Waals surface area contributed by atoms with E-state index in [1.54, 1.807) is 0 Å². The van der Waals surface area contributed by atoms with Crippen molar-refractivity contribution in [2.45, 2.75) is 63.6 Å². The van der Waals surface area contributed by atoms with E-state index in [-0.39, 0.29) is 24.4 Å². The number of anilines is 2. The number of nitriles is 1. The van der Waals surface area contributed by atoms with Gasteiger partial charge in [-0.15, -0.1) is 0 Å². The van der Waals surface area contributed by atoms with Crippen molar-refractivity contribution in [3.05, 3.63) is 29.8 Å². The molecule has 0 bridgehead atoms. The quantitative estimate of drug-likeness (QED) is 0.575. The molecule has 1 saturated carbocycles. The number of halogens is 2. The van der Waals surface area contributed by atoms with Crippen molar-refractivity contribution in [3.8, 4) is 11.9 Å². The van der Waals surface area contributed by atoms with Crippen LogP contribution in [0.15, 0.2) is 18.7 Å². The van der Waals surface area contributed by atoms with Gasteiger partial charge >= 0.3 is 0 Å². The summed E-state index contributed by atoms with van der Waals surface area (Å²) in [6.07, 6.45) is 6.93. The molecular weight excluding hydrogens is 408 g/mol. The van der Waals surface area contributed by atoms with Crippen molar-refractivity contribution in [3.63, 3.8) is 0 Å². The van der Waals surface area contributed by atoms with E-state index in [9.17, 15) is 19.1 Å². The molecule has 0 atom stereocenters. The van der Waals surface area contributed by atoms with Crippen LogP contribution in [-0.4, -0.2) is 49.2 Å². The van der Waals surface area contributed by atoms with Crippen molar-refractivity contribution >= 4 is 11.8 Å². The van der Waals surface area contributed by atoms with Gasteiger partial charge in [-0.1, -0.05) is 0 Å². The SMILES string of the molecule is CC(F)(F)COc1ncncc1CNc1ncc(C#N)c(N[C@H]2CC[C@](C)(O)CC2)n1. The van der Waals surface area contributed by atoms with Crippen LogP contribution in [0.4, 0.5) is 20.5 Å². The molecule has 0 radical (unpaired) electrons. The minimum atomic E-state index is -2.99. The predicted molar refractivity (Wildman–Crippen MR) is 109 cm³/mol. The first-order chi connectivity index (χ1) is 14.6. The highest BCUT2D eigenvalue weighted by atomic mass is 19.3. The first-order valence-electron chi connectivity index (χ1n) is 9.95. The van der Waals surface area contributed by atoms with Crippen LogP contribution in [0.2, 0.25) is 0 Å². The zero-order valence-electron chi connectivity index (χ0n) is 17.4. The van der Waals surface area contributed by atoms with E-state index in [0.717, 1.165) is 19.8 Å². The van der Waals surface area contributed by atoms with Gasteiger partial charge in [0.25, 0.3) is 5.92 Å². The monoisotopic (exact) mass is 433 g/mol. The smallest absolute Gasteiger partial charge is 0.278 e. The number of nitrogens with zero attached hydrogens (tertiary/aromatic N) is 5. The molecule has 0 spiro atoms. The Morgan fingerprint density at radius 2 is 2.06 bits per heavy atom. The van der Waals surface area contributed by atoms with Gasteiger partial charge in [0.2, 0.25) is 11.8 Å². The third-order valence-electron chi connectivity index (χ3n) is 4.96. The molecule has 0 aromatic carbocycles. The molecule has 11 heteroatoms. The van der Waals surface area contributed by atoms with Gasteiger partial charge in [-0.25, -0.2) is 23.7 Å². The Kier molecular flexibility index (Phi) is 6.80. The lowest BCUT2D eigenvalue weighted by molar-refractivity contribution is -0.0245. The number of aliphatic hydroxyl groups is 1. The molecule has 166 valence electrons. The van der Waals surface area contributed by atoms with E-state index < -0.39 is 18.1 Å². The highest BCUT2D eigenvalue weighted by Gasteiger charge is 2.29. The second kappa shape index (κ2) is 9.34. The van der Waals surface area contributed by atoms with E-state index >= 15 is 0 Å². The molecular formula is C20H25F2N7O2. The molecule has 0 amide bonds. The van der Waals surface area contributed by atoms with Crippen LogP contribution in [0.5, 0.6) is 5.88 Å². The molecule has 1 aliphatic rings. The Labute approximate surface area is 178 Å². The predicted octanol–water partition coefficient (Wildman–Crippen LogP) is 2.89. The Morgan fingerprint density at radius 3 is 2.74 bits per heavy atom. The Hall–Kier alpha value is -3.13. The zero-order valence-corrected chi connectivity index (χ0v) is 17.4. The lowest BCUT2D eigenvalue weighted by Gasteiger charge is -2.33. The van der Waals surface area contributed by atoms with Crippen LogP contribution in [-0.2, 0) is 6.54 Å². The second-order valence-corrected chi connectivity index (χ2v) is 8.05. The summed E-state index contributed by atoms with van der Waals surface area (Å²) in [5.41, 5.74) is 0.109. The van der Waals surface area contributed by atoms with Gasteiger partial charge in [-0.2, -0.15) is 10.2 Å². The van der Waals surface area contributed by atoms with E-state index in [4.69, 9.17) is 4.74 Å². The summed E-state index contributed by atoms with van der Waals surface area (Å²) in [7, 11) is 0. The van der Waals surface area contributed by atoms with E-state index in [2.05, 4.69) is 36.6 Å². The molecule has 0 unspecified atom stereocenters. The van der Waals surface area contributed by atoms with Gasteiger partial charge < -0.3 is 20.5 Å². The average molecular weight is 433 g/mol. The van der Waals surface area contributed by atoms with E-state index in [1.807, 2.05) is 6.92 Å². The summed E-state index contributed by atoms with van der Waals surface area (Å²) in [6.45, 7) is 1.93. The second-order valence-electron chi connectivity index (χ2n) is 8.05. The van der Waals surface area contributed by atoms with Gasteiger partial charge in [0, 0.05) is 25.7 Å². The summed E-state index contributed by atoms with van der Waals surface area (Å²) in [6, 6.07) is 2.16. The average Bonchev–Trinajstić information content (AvgIpc) is 2.72. The maximum absolute atomic E-state index is 13.1. The lowest BCUT2D eigenvalue weighted by atomic mass is 9.83. The molecule has 0 aliphatic heterocycles. The number of nitrogens with one attached hydrogen (secondary N) is 2. The van der Waals surface area contributed by atoms with Crippen molar-refractivity contribution in [2.75, 3.05) is 17.2 Å². The molecule has 0 saturated heterocycles. The zero-order chi connectivity index (χ0) is 22.5. The summed E-state index contributed by atoms with van der Waals surface area (Å²) in [5.74, 6) is -2.29. The van der Waals surface area contributed by atoms with Crippen molar-refractivity contribution < 1.29 is 18.6 Å². The number of rotatable bonds is 8. The fourth-order valence-corrected chi connectivity index (χ4v) is 3.20. The van der Waals surface area contributed by atoms with E-state index in [0.29, 0.717) is 29.8 Å². The molecule has 2 heterocycles. The Bertz CT molecular complexity index is 934. The topological polar surface area (TPSA) is 129 Å². The van der Waals surface area contributed by atoms with Crippen molar-refractivity contribution in [1.82, 2.24) is 19.9 Å². The van der Waals surface area contributed by atoms with Gasteiger partial charge in [0.05, 0.1) is 17.4 Å². The van der Waals surface area contributed by atoms with E-state index in [1.165, 1.54) is 18.7 Å². The first-order valence-corrected chi connectivity index (χ1v) is 9.95. The number of aromatic nitrogens is 4. The first kappa shape index (κ1) is 22.6. The highest BCUT2D eigenvalue weighted by Crippen LogP contribution is 2.30. The molecule has 2 aromatic rings. The summed E-state index contributed by atoms with van der Waals surface area (Å²) >= 11 is 0. The third-order valence-corrected chi connectivity index (χ3v) is 4.96. The van der Waals surface area contributed by atoms with Crippen LogP contribution >= 0.6 is 0 Å². The van der Waals surface area contributed by atoms with Crippen molar-refractivity contribution in [1.29, 1.82) is 5.26 Å². The lowest BCUT2D eigenvalue weighted by Crippen LogP contribution is -2.36. The van der Waals surface area contributed by atoms with Gasteiger partial charge in [-0.05, 0) is 32.6 Å². The summed E-state index contributed by atoms with van der Waals surface area (Å²) in [4.78, 5) is 16.3. The normalized spacial score (nSPS) is 21.2. The Morgan fingerprint density at radius 1 is 1.32 bits per heavy atom. The van der Waals surface area contributed by atoms with Crippen molar-refractivity contribution in [2.24, 2.45) is 0 Å². The maximum atomic E-state index is 13.1. The minimum absolute atomic E-state index is 0.0466. The minimum Gasteiger partial charge on any atom is -0.471 e. The molecule has 2 aromatic heterocycles. The standard InChI is InChI=1S/C20H25F2N7O2/c1-19(30)5-3-15(4-6-19)28-16-13(7-23)9-25-18(29-16)26-10-14-8-24-12-27-17(14)31-11-20(2,21)22/h8-9,12,15,30H,3-6,10-11H2,1-2H3,(H2,25,26,28,29)/t15-,19-. The molecule has 3 rings (SSSR count). The maximum Gasteiger partial charge on any atom is 0.278 e. The van der Waals surface area contributed by atoms with Gasteiger partial charge in [-0.3, -0.25) is 0 Å². The fourth-order valence-electron chi connectivity index (χ4n) is 3.20. The van der Waals surface area contributed by atoms with Crippen LogP contribution < -0.4 is 15.4 Å².